The highest BCUT2D eigenvalue weighted by atomic mass is 19.4. The lowest BCUT2D eigenvalue weighted by Gasteiger charge is -2.33. The maximum Gasteiger partial charge on any atom is 0.490 e. The Balaban J connectivity index is 0.000000271. The SMILES string of the molecule is O=C(O)C(F)(F)F.O=C(O)C(F)(F)F.c1ccc2oc(N3CCN(CCn4cccn4)CC3)nc2c1. The molecule has 0 unspecified atom stereocenters. The van der Waals surface area contributed by atoms with Crippen LogP contribution in [0, 0.1) is 0 Å². The number of carbonyl (C=O) groups is 2. The van der Waals surface area contributed by atoms with Gasteiger partial charge in [-0.25, -0.2) is 9.59 Å². The van der Waals surface area contributed by atoms with Crippen LogP contribution in [0.1, 0.15) is 0 Å². The van der Waals surface area contributed by atoms with E-state index in [1.807, 2.05) is 47.4 Å². The zero-order chi connectivity index (χ0) is 26.9. The largest absolute Gasteiger partial charge is 0.490 e. The smallest absolute Gasteiger partial charge is 0.475 e. The summed E-state index contributed by atoms with van der Waals surface area (Å²) in [6.45, 7) is 5.93. The second kappa shape index (κ2) is 12.2. The first-order valence-corrected chi connectivity index (χ1v) is 10.2. The number of alkyl halides is 6. The number of carboxylic acids is 2. The van der Waals surface area contributed by atoms with Crippen LogP contribution in [0.2, 0.25) is 0 Å². The number of anilines is 1. The van der Waals surface area contributed by atoms with Gasteiger partial charge < -0.3 is 19.5 Å². The van der Waals surface area contributed by atoms with Gasteiger partial charge in [0.15, 0.2) is 5.58 Å². The Hall–Kier alpha value is -3.82. The molecule has 0 spiro atoms. The number of oxazole rings is 1. The number of piperazine rings is 1. The molecule has 2 aromatic heterocycles. The molecule has 1 aromatic carbocycles. The van der Waals surface area contributed by atoms with Gasteiger partial charge in [0, 0.05) is 45.1 Å². The van der Waals surface area contributed by atoms with E-state index in [9.17, 15) is 26.3 Å². The summed E-state index contributed by atoms with van der Waals surface area (Å²) in [6.07, 6.45) is -6.33. The fourth-order valence-electron chi connectivity index (χ4n) is 2.83. The summed E-state index contributed by atoms with van der Waals surface area (Å²) in [6, 6.07) is 10.6. The number of nitrogens with zero attached hydrogens (tertiary/aromatic N) is 5. The van der Waals surface area contributed by atoms with Crippen molar-refractivity contribution in [3.05, 3.63) is 42.7 Å². The molecule has 2 N–H and O–H groups in total. The third kappa shape index (κ3) is 9.09. The van der Waals surface area contributed by atoms with Crippen molar-refractivity contribution in [2.45, 2.75) is 18.9 Å². The molecule has 0 bridgehead atoms. The Morgan fingerprint density at radius 3 is 1.92 bits per heavy atom. The number of aliphatic carboxylic acids is 2. The van der Waals surface area contributed by atoms with E-state index in [2.05, 4.69) is 19.9 Å². The predicted molar refractivity (Wildman–Crippen MR) is 112 cm³/mol. The predicted octanol–water partition coefficient (Wildman–Crippen LogP) is 3.11. The molecule has 0 atom stereocenters. The minimum absolute atomic E-state index is 0.743. The molecule has 4 rings (SSSR count). The zero-order valence-corrected chi connectivity index (χ0v) is 18.4. The van der Waals surface area contributed by atoms with Crippen molar-refractivity contribution >= 4 is 29.1 Å². The van der Waals surface area contributed by atoms with E-state index in [0.29, 0.717) is 0 Å². The van der Waals surface area contributed by atoms with E-state index in [-0.39, 0.29) is 0 Å². The van der Waals surface area contributed by atoms with Crippen LogP contribution in [0.5, 0.6) is 0 Å². The van der Waals surface area contributed by atoms with Crippen molar-refractivity contribution in [1.82, 2.24) is 19.7 Å². The van der Waals surface area contributed by atoms with Crippen LogP contribution in [-0.4, -0.2) is 86.9 Å². The highest BCUT2D eigenvalue weighted by Gasteiger charge is 2.38. The molecule has 0 saturated carbocycles. The lowest BCUT2D eigenvalue weighted by Crippen LogP contribution is -2.47. The number of benzene rings is 1. The van der Waals surface area contributed by atoms with Crippen LogP contribution in [-0.2, 0) is 16.1 Å². The number of halogens is 6. The van der Waals surface area contributed by atoms with Crippen LogP contribution in [0.3, 0.4) is 0 Å². The minimum Gasteiger partial charge on any atom is -0.475 e. The number of para-hydroxylation sites is 2. The Bertz CT molecular complexity index is 1050. The standard InChI is InChI=1S/C16H19N5O.2C2HF3O2/c1-2-5-15-14(4-1)18-16(22-15)20-11-8-19(9-12-20)10-13-21-7-3-6-17-21;2*3-2(4,5)1(6)7/h1-7H,8-13H2;2*(H,6,7). The Morgan fingerprint density at radius 1 is 0.889 bits per heavy atom. The van der Waals surface area contributed by atoms with Crippen molar-refractivity contribution in [1.29, 1.82) is 0 Å². The molecule has 36 heavy (non-hydrogen) atoms. The Kier molecular flexibility index (Phi) is 9.66. The van der Waals surface area contributed by atoms with Gasteiger partial charge in [0.05, 0.1) is 6.54 Å². The summed E-state index contributed by atoms with van der Waals surface area (Å²) in [5.41, 5.74) is 1.79. The van der Waals surface area contributed by atoms with Crippen LogP contribution in [0.15, 0.2) is 47.1 Å². The summed E-state index contributed by atoms with van der Waals surface area (Å²) >= 11 is 0. The van der Waals surface area contributed by atoms with Gasteiger partial charge in [-0.1, -0.05) is 12.1 Å². The molecule has 1 fully saturated rings. The maximum atomic E-state index is 10.6. The first kappa shape index (κ1) is 28.4. The van der Waals surface area contributed by atoms with Crippen LogP contribution in [0.4, 0.5) is 32.4 Å². The molecule has 0 radical (unpaired) electrons. The van der Waals surface area contributed by atoms with Crippen LogP contribution >= 0.6 is 0 Å². The fourth-order valence-corrected chi connectivity index (χ4v) is 2.83. The fraction of sp³-hybridized carbons (Fsp3) is 0.400. The van der Waals surface area contributed by atoms with Gasteiger partial charge in [-0.2, -0.15) is 36.4 Å². The first-order chi connectivity index (χ1) is 16.8. The van der Waals surface area contributed by atoms with Gasteiger partial charge in [0.1, 0.15) is 5.52 Å². The molecule has 10 nitrogen and oxygen atoms in total. The number of fused-ring (bicyclic) bond motifs is 1. The molecule has 16 heteroatoms. The monoisotopic (exact) mass is 525 g/mol. The molecule has 0 amide bonds. The summed E-state index contributed by atoms with van der Waals surface area (Å²) in [5.74, 6) is -5.51. The van der Waals surface area contributed by atoms with E-state index in [1.54, 1.807) is 0 Å². The summed E-state index contributed by atoms with van der Waals surface area (Å²) in [4.78, 5) is 27.1. The lowest BCUT2D eigenvalue weighted by atomic mass is 10.3. The van der Waals surface area contributed by atoms with Crippen molar-refractivity contribution in [3.63, 3.8) is 0 Å². The molecule has 1 saturated heterocycles. The Labute approximate surface area is 199 Å². The van der Waals surface area contributed by atoms with E-state index < -0.39 is 24.3 Å². The van der Waals surface area contributed by atoms with E-state index in [0.717, 1.165) is 56.4 Å². The maximum absolute atomic E-state index is 10.6. The van der Waals surface area contributed by atoms with Crippen LogP contribution in [0.25, 0.3) is 11.1 Å². The van der Waals surface area contributed by atoms with Crippen molar-refractivity contribution in [2.24, 2.45) is 0 Å². The Morgan fingerprint density at radius 2 is 1.44 bits per heavy atom. The van der Waals surface area contributed by atoms with E-state index in [1.165, 1.54) is 0 Å². The summed E-state index contributed by atoms with van der Waals surface area (Å²) < 4.78 is 71.3. The topological polar surface area (TPSA) is 125 Å². The number of carboxylic acid groups (broad SMARTS) is 2. The highest BCUT2D eigenvalue weighted by Crippen LogP contribution is 2.22. The molecule has 1 aliphatic rings. The molecule has 1 aliphatic heterocycles. The lowest BCUT2D eigenvalue weighted by molar-refractivity contribution is -0.193. The average molecular weight is 525 g/mol. The number of rotatable bonds is 4. The van der Waals surface area contributed by atoms with E-state index in [4.69, 9.17) is 24.2 Å². The number of hydrogen-bond donors (Lipinski definition) is 2. The van der Waals surface area contributed by atoms with Crippen molar-refractivity contribution in [3.8, 4) is 0 Å². The molecule has 3 heterocycles. The van der Waals surface area contributed by atoms with Crippen molar-refractivity contribution in [2.75, 3.05) is 37.6 Å². The van der Waals surface area contributed by atoms with Gasteiger partial charge in [0.25, 0.3) is 6.01 Å². The van der Waals surface area contributed by atoms with E-state index >= 15 is 0 Å². The van der Waals surface area contributed by atoms with Gasteiger partial charge in [-0.15, -0.1) is 0 Å². The highest BCUT2D eigenvalue weighted by molar-refractivity contribution is 5.74. The second-order valence-electron chi connectivity index (χ2n) is 7.17. The quantitative estimate of drug-likeness (QED) is 0.495. The zero-order valence-electron chi connectivity index (χ0n) is 18.4. The molecule has 198 valence electrons. The normalized spacial score (nSPS) is 14.4. The third-order valence-corrected chi connectivity index (χ3v) is 4.61. The van der Waals surface area contributed by atoms with Crippen LogP contribution < -0.4 is 4.90 Å². The molecular weight excluding hydrogens is 504 g/mol. The van der Waals surface area contributed by atoms with Gasteiger partial charge in [0.2, 0.25) is 0 Å². The van der Waals surface area contributed by atoms with Gasteiger partial charge >= 0.3 is 24.3 Å². The first-order valence-electron chi connectivity index (χ1n) is 10.2. The molecule has 3 aromatic rings. The van der Waals surface area contributed by atoms with Crippen molar-refractivity contribution < 1.29 is 50.6 Å². The molecular formula is C20H21F6N5O5. The van der Waals surface area contributed by atoms with Gasteiger partial charge in [-0.05, 0) is 18.2 Å². The van der Waals surface area contributed by atoms with Gasteiger partial charge in [-0.3, -0.25) is 9.58 Å². The summed E-state index contributed by atoms with van der Waals surface area (Å²) in [5, 5.41) is 18.5. The minimum atomic E-state index is -5.08. The number of hydrogen-bond acceptors (Lipinski definition) is 7. The number of aromatic nitrogens is 3. The average Bonchev–Trinajstić information content (AvgIpc) is 3.47. The molecule has 0 aliphatic carbocycles. The second-order valence-corrected chi connectivity index (χ2v) is 7.17. The third-order valence-electron chi connectivity index (χ3n) is 4.61. The summed E-state index contributed by atoms with van der Waals surface area (Å²) in [7, 11) is 0.